The number of anilines is 1. The van der Waals surface area contributed by atoms with Crippen molar-refractivity contribution in [2.45, 2.75) is 45.7 Å². The van der Waals surface area contributed by atoms with Crippen LogP contribution in [0.1, 0.15) is 33.6 Å². The average Bonchev–Trinajstić information content (AvgIpc) is 3.32. The van der Waals surface area contributed by atoms with Gasteiger partial charge in [-0.1, -0.05) is 46.1 Å². The van der Waals surface area contributed by atoms with Gasteiger partial charge in [-0.25, -0.2) is 8.78 Å². The molecule has 208 valence electrons. The van der Waals surface area contributed by atoms with Crippen LogP contribution in [0, 0.1) is 34.3 Å². The maximum Gasteiger partial charge on any atom is 0.314 e. The summed E-state index contributed by atoms with van der Waals surface area (Å²) in [7, 11) is 1.23. The standard InChI is InChI=1S/C28H33F2N5O4/c1-7-10-18(8-2)32-24(36)17-13-19(15-31)35(16-17)26(38)22(14-28(3,4)5)34(6)27(39)25(37)33-23-20(29)11-9-12-21(23)30/h7-12,17,19,22H,1-2,13-14,16H2,3-6H3,(H,32,36)(H,33,37)/b18-10+/t17?,19?,22-/m0/s1. The molecule has 1 aromatic carbocycles. The predicted molar refractivity (Wildman–Crippen MR) is 141 cm³/mol. The third-order valence-electron chi connectivity index (χ3n) is 6.16. The van der Waals surface area contributed by atoms with E-state index < -0.39 is 64.4 Å². The molecular weight excluding hydrogens is 508 g/mol. The Morgan fingerprint density at radius 2 is 1.85 bits per heavy atom. The molecule has 2 unspecified atom stereocenters. The highest BCUT2D eigenvalue weighted by molar-refractivity contribution is 6.39. The van der Waals surface area contributed by atoms with Crippen LogP contribution >= 0.6 is 0 Å². The first kappa shape index (κ1) is 30.9. The number of amides is 4. The summed E-state index contributed by atoms with van der Waals surface area (Å²) in [6, 6.07) is 2.84. The minimum absolute atomic E-state index is 0.0690. The van der Waals surface area contributed by atoms with E-state index in [4.69, 9.17) is 0 Å². The van der Waals surface area contributed by atoms with Gasteiger partial charge in [0.25, 0.3) is 0 Å². The van der Waals surface area contributed by atoms with Crippen molar-refractivity contribution in [1.29, 1.82) is 5.26 Å². The normalized spacial score (nSPS) is 18.0. The van der Waals surface area contributed by atoms with E-state index in [0.717, 1.165) is 23.1 Å². The fourth-order valence-corrected chi connectivity index (χ4v) is 4.17. The number of hydrogen-bond donors (Lipinski definition) is 2. The van der Waals surface area contributed by atoms with Gasteiger partial charge in [-0.15, -0.1) is 0 Å². The molecule has 0 spiro atoms. The molecule has 1 fully saturated rings. The highest BCUT2D eigenvalue weighted by Crippen LogP contribution is 2.29. The van der Waals surface area contributed by atoms with Gasteiger partial charge < -0.3 is 20.4 Å². The SMILES string of the molecule is C=C/C=C(\C=C)NC(=O)C1CC(C#N)N(C(=O)[C@H](CC(C)(C)C)N(C)C(=O)C(=O)Nc2c(F)cccc2F)C1. The molecule has 39 heavy (non-hydrogen) atoms. The maximum absolute atomic E-state index is 14.0. The minimum atomic E-state index is -1.34. The van der Waals surface area contributed by atoms with Gasteiger partial charge in [-0.3, -0.25) is 19.2 Å². The maximum atomic E-state index is 14.0. The summed E-state index contributed by atoms with van der Waals surface area (Å²) < 4.78 is 28.0. The second-order valence-corrected chi connectivity index (χ2v) is 10.4. The summed E-state index contributed by atoms with van der Waals surface area (Å²) in [5.74, 6) is -6.43. The van der Waals surface area contributed by atoms with Crippen molar-refractivity contribution in [3.8, 4) is 6.07 Å². The van der Waals surface area contributed by atoms with Crippen LogP contribution in [0.15, 0.2) is 55.3 Å². The Balaban J connectivity index is 2.29. The highest BCUT2D eigenvalue weighted by Gasteiger charge is 2.44. The van der Waals surface area contributed by atoms with Crippen LogP contribution in [0.2, 0.25) is 0 Å². The number of nitrogens with one attached hydrogen (secondary N) is 2. The van der Waals surface area contributed by atoms with Gasteiger partial charge in [-0.2, -0.15) is 5.26 Å². The van der Waals surface area contributed by atoms with Gasteiger partial charge in [0.1, 0.15) is 29.4 Å². The van der Waals surface area contributed by atoms with Gasteiger partial charge >= 0.3 is 11.8 Å². The van der Waals surface area contributed by atoms with Crippen molar-refractivity contribution in [2.75, 3.05) is 18.9 Å². The van der Waals surface area contributed by atoms with E-state index in [9.17, 15) is 33.2 Å². The lowest BCUT2D eigenvalue weighted by molar-refractivity contribution is -0.150. The Morgan fingerprint density at radius 3 is 2.36 bits per heavy atom. The van der Waals surface area contributed by atoms with Crippen molar-refractivity contribution < 1.29 is 28.0 Å². The minimum Gasteiger partial charge on any atom is -0.326 e. The molecule has 0 radical (unpaired) electrons. The number of carbonyl (C=O) groups excluding carboxylic acids is 4. The lowest BCUT2D eigenvalue weighted by atomic mass is 9.87. The van der Waals surface area contributed by atoms with E-state index in [1.807, 2.05) is 32.2 Å². The quantitative estimate of drug-likeness (QED) is 0.386. The van der Waals surface area contributed by atoms with Crippen molar-refractivity contribution in [3.63, 3.8) is 0 Å². The first-order chi connectivity index (χ1) is 18.2. The molecule has 2 N–H and O–H groups in total. The fourth-order valence-electron chi connectivity index (χ4n) is 4.17. The zero-order valence-corrected chi connectivity index (χ0v) is 22.5. The molecule has 1 aliphatic heterocycles. The van der Waals surface area contributed by atoms with Gasteiger partial charge in [0.05, 0.1) is 12.0 Å². The fraction of sp³-hybridized carbons (Fsp3) is 0.393. The predicted octanol–water partition coefficient (Wildman–Crippen LogP) is 3.28. The molecule has 4 amide bonds. The Kier molecular flexibility index (Phi) is 10.3. The zero-order chi connectivity index (χ0) is 29.5. The summed E-state index contributed by atoms with van der Waals surface area (Å²) >= 11 is 0. The first-order valence-corrected chi connectivity index (χ1v) is 12.2. The van der Waals surface area contributed by atoms with Gasteiger partial charge in [0, 0.05) is 19.3 Å². The number of benzene rings is 1. The number of halogens is 2. The van der Waals surface area contributed by atoms with Crippen molar-refractivity contribution >= 4 is 29.3 Å². The van der Waals surface area contributed by atoms with Crippen LogP contribution in [-0.4, -0.2) is 59.1 Å². The second-order valence-electron chi connectivity index (χ2n) is 10.4. The van der Waals surface area contributed by atoms with Crippen LogP contribution < -0.4 is 10.6 Å². The number of likely N-dealkylation sites (N-methyl/N-ethyl adjacent to an activating group) is 1. The van der Waals surface area contributed by atoms with E-state index in [1.54, 1.807) is 6.08 Å². The molecule has 1 aromatic rings. The molecule has 1 aliphatic rings. The number of nitriles is 1. The van der Waals surface area contributed by atoms with Gasteiger partial charge in [0.15, 0.2) is 0 Å². The van der Waals surface area contributed by atoms with Crippen molar-refractivity contribution in [2.24, 2.45) is 11.3 Å². The van der Waals surface area contributed by atoms with E-state index in [2.05, 4.69) is 18.5 Å². The molecule has 0 aromatic heterocycles. The van der Waals surface area contributed by atoms with Crippen LogP contribution in [0.5, 0.6) is 0 Å². The number of rotatable bonds is 8. The molecule has 0 saturated carbocycles. The van der Waals surface area contributed by atoms with Crippen LogP contribution in [0.25, 0.3) is 0 Å². The molecule has 1 heterocycles. The molecule has 9 nitrogen and oxygen atoms in total. The summed E-state index contributed by atoms with van der Waals surface area (Å²) in [5, 5.41) is 14.3. The van der Waals surface area contributed by atoms with E-state index in [1.165, 1.54) is 24.1 Å². The first-order valence-electron chi connectivity index (χ1n) is 12.2. The molecular formula is C28H33F2N5O4. The number of para-hydroxylation sites is 1. The van der Waals surface area contributed by atoms with E-state index >= 15 is 0 Å². The molecule has 0 aliphatic carbocycles. The Labute approximate surface area is 226 Å². The number of allylic oxidation sites excluding steroid dienone is 3. The smallest absolute Gasteiger partial charge is 0.314 e. The Morgan fingerprint density at radius 1 is 1.23 bits per heavy atom. The molecule has 3 atom stereocenters. The number of carbonyl (C=O) groups is 4. The zero-order valence-electron chi connectivity index (χ0n) is 22.5. The van der Waals surface area contributed by atoms with Crippen LogP contribution in [0.4, 0.5) is 14.5 Å². The lowest BCUT2D eigenvalue weighted by Crippen LogP contribution is -2.54. The number of likely N-dealkylation sites (tertiary alicyclic amines) is 1. The monoisotopic (exact) mass is 541 g/mol. The Hall–Kier alpha value is -4.33. The van der Waals surface area contributed by atoms with Gasteiger partial charge in [0.2, 0.25) is 11.8 Å². The van der Waals surface area contributed by atoms with Gasteiger partial charge in [-0.05, 0) is 42.5 Å². The number of hydrogen-bond acceptors (Lipinski definition) is 5. The summed E-state index contributed by atoms with van der Waals surface area (Å²) in [5.41, 5.74) is -0.887. The lowest BCUT2D eigenvalue weighted by Gasteiger charge is -2.35. The third-order valence-corrected chi connectivity index (χ3v) is 6.16. The van der Waals surface area contributed by atoms with Crippen molar-refractivity contribution in [1.82, 2.24) is 15.1 Å². The molecule has 1 saturated heterocycles. The summed E-state index contributed by atoms with van der Waals surface area (Å²) in [6.45, 7) is 12.6. The second kappa shape index (κ2) is 13.0. The summed E-state index contributed by atoms with van der Waals surface area (Å²) in [6.07, 6.45) is 4.61. The summed E-state index contributed by atoms with van der Waals surface area (Å²) in [4.78, 5) is 54.3. The Bertz CT molecular complexity index is 1210. The third kappa shape index (κ3) is 7.83. The van der Waals surface area contributed by atoms with Crippen molar-refractivity contribution in [3.05, 3.63) is 66.9 Å². The molecule has 2 rings (SSSR count). The topological polar surface area (TPSA) is 123 Å². The van der Waals surface area contributed by atoms with Crippen LogP contribution in [-0.2, 0) is 19.2 Å². The van der Waals surface area contributed by atoms with Crippen LogP contribution in [0.3, 0.4) is 0 Å². The highest BCUT2D eigenvalue weighted by atomic mass is 19.1. The molecule has 11 heteroatoms. The number of nitrogens with zero attached hydrogens (tertiary/aromatic N) is 3. The molecule has 0 bridgehead atoms. The average molecular weight is 542 g/mol. The largest absolute Gasteiger partial charge is 0.326 e. The van der Waals surface area contributed by atoms with E-state index in [-0.39, 0.29) is 19.4 Å². The van der Waals surface area contributed by atoms with E-state index in [0.29, 0.717) is 5.70 Å².